The maximum absolute atomic E-state index is 9.13. The van der Waals surface area contributed by atoms with Crippen LogP contribution < -0.4 is 0 Å². The molecule has 0 unspecified atom stereocenters. The summed E-state index contributed by atoms with van der Waals surface area (Å²) in [5.41, 5.74) is 2.13. The van der Waals surface area contributed by atoms with E-state index < -0.39 is 0 Å². The van der Waals surface area contributed by atoms with Crippen molar-refractivity contribution in [3.8, 4) is 6.07 Å². The van der Waals surface area contributed by atoms with E-state index in [9.17, 15) is 0 Å². The third kappa shape index (κ3) is 2.28. The molecule has 1 aromatic carbocycles. The van der Waals surface area contributed by atoms with Crippen molar-refractivity contribution in [3.05, 3.63) is 41.5 Å². The summed E-state index contributed by atoms with van der Waals surface area (Å²) in [7, 11) is 0. The lowest BCUT2D eigenvalue weighted by atomic mass is 9.96. The largest absolute Gasteiger partial charge is 0.197 e. The number of benzene rings is 1. The van der Waals surface area contributed by atoms with Gasteiger partial charge >= 0.3 is 0 Å². The summed E-state index contributed by atoms with van der Waals surface area (Å²) >= 11 is 5.61. The van der Waals surface area contributed by atoms with Crippen molar-refractivity contribution in [2.24, 2.45) is 0 Å². The van der Waals surface area contributed by atoms with E-state index in [0.717, 1.165) is 30.4 Å². The van der Waals surface area contributed by atoms with Gasteiger partial charge in [0.2, 0.25) is 0 Å². The van der Waals surface area contributed by atoms with Crippen LogP contribution in [0.1, 0.15) is 30.4 Å². The van der Waals surface area contributed by atoms with E-state index in [1.54, 1.807) is 0 Å². The van der Waals surface area contributed by atoms with Gasteiger partial charge in [0.1, 0.15) is 0 Å². The van der Waals surface area contributed by atoms with Crippen LogP contribution in [0.25, 0.3) is 6.08 Å². The van der Waals surface area contributed by atoms with Gasteiger partial charge < -0.3 is 0 Å². The number of hydrogen-bond donors (Lipinski definition) is 0. The minimum absolute atomic E-state index is 0.184. The predicted molar refractivity (Wildman–Crippen MR) is 67.3 cm³/mol. The van der Waals surface area contributed by atoms with Gasteiger partial charge in [0, 0.05) is 5.88 Å². The van der Waals surface area contributed by atoms with E-state index >= 15 is 0 Å². The Morgan fingerprint density at radius 2 is 2.25 bits per heavy atom. The fourth-order valence-electron chi connectivity index (χ4n) is 1.81. The van der Waals surface area contributed by atoms with Gasteiger partial charge in [-0.3, -0.25) is 0 Å². The Morgan fingerprint density at radius 3 is 2.88 bits per heavy atom. The van der Waals surface area contributed by atoms with Crippen LogP contribution in [0.2, 0.25) is 0 Å². The van der Waals surface area contributed by atoms with Crippen molar-refractivity contribution in [3.63, 3.8) is 0 Å². The first-order chi connectivity index (χ1) is 7.80. The fraction of sp³-hybridized carbons (Fsp3) is 0.357. The van der Waals surface area contributed by atoms with Gasteiger partial charge in [-0.25, -0.2) is 0 Å². The van der Waals surface area contributed by atoms with Gasteiger partial charge in [0.05, 0.1) is 11.5 Å². The highest BCUT2D eigenvalue weighted by molar-refractivity contribution is 6.17. The minimum Gasteiger partial charge on any atom is -0.197 e. The smallest absolute Gasteiger partial charge is 0.0824 e. The van der Waals surface area contributed by atoms with Crippen molar-refractivity contribution in [1.82, 2.24) is 0 Å². The lowest BCUT2D eigenvalue weighted by Crippen LogP contribution is -2.01. The Balaban J connectivity index is 2.18. The average Bonchev–Trinajstić information content (AvgIpc) is 3.11. The standard InChI is InChI=1S/C14H14ClN/c15-9-2-1-4-12-5-3-6-13(10-12)14(11-16)7-8-14/h1,3-6,10H,2,7-9H2. The molecule has 1 aliphatic rings. The van der Waals surface area contributed by atoms with E-state index in [-0.39, 0.29) is 5.41 Å². The van der Waals surface area contributed by atoms with Crippen LogP contribution in [-0.4, -0.2) is 5.88 Å². The predicted octanol–water partition coefficient (Wildman–Crippen LogP) is 3.88. The van der Waals surface area contributed by atoms with E-state index in [2.05, 4.69) is 36.4 Å². The summed E-state index contributed by atoms with van der Waals surface area (Å²) in [6.45, 7) is 0. The molecule has 0 bridgehead atoms. The Morgan fingerprint density at radius 1 is 1.44 bits per heavy atom. The summed E-state index contributed by atoms with van der Waals surface area (Å²) in [4.78, 5) is 0. The number of rotatable bonds is 4. The molecule has 0 saturated heterocycles. The molecule has 0 spiro atoms. The lowest BCUT2D eigenvalue weighted by Gasteiger charge is -2.06. The molecule has 0 N–H and O–H groups in total. The number of hydrogen-bond acceptors (Lipinski definition) is 1. The van der Waals surface area contributed by atoms with Gasteiger partial charge in [-0.05, 0) is 30.4 Å². The third-order valence-corrected chi connectivity index (χ3v) is 3.21. The molecule has 0 aliphatic heterocycles. The maximum Gasteiger partial charge on any atom is 0.0824 e. The number of alkyl halides is 1. The van der Waals surface area contributed by atoms with Crippen LogP contribution in [0.5, 0.6) is 0 Å². The highest BCUT2D eigenvalue weighted by Gasteiger charge is 2.44. The van der Waals surface area contributed by atoms with Gasteiger partial charge in [0.15, 0.2) is 0 Å². The van der Waals surface area contributed by atoms with Gasteiger partial charge in [-0.15, -0.1) is 11.6 Å². The van der Waals surface area contributed by atoms with Crippen LogP contribution >= 0.6 is 11.6 Å². The first kappa shape index (κ1) is 11.2. The number of nitriles is 1. The molecular formula is C14H14ClN. The van der Waals surface area contributed by atoms with E-state index in [4.69, 9.17) is 16.9 Å². The minimum atomic E-state index is -0.184. The van der Waals surface area contributed by atoms with E-state index in [1.165, 1.54) is 0 Å². The topological polar surface area (TPSA) is 23.8 Å². The molecule has 1 aromatic rings. The fourth-order valence-corrected chi connectivity index (χ4v) is 1.94. The van der Waals surface area contributed by atoms with Crippen LogP contribution in [0.4, 0.5) is 0 Å². The van der Waals surface area contributed by atoms with Crippen molar-refractivity contribution >= 4 is 17.7 Å². The molecule has 1 saturated carbocycles. The first-order valence-corrected chi connectivity index (χ1v) is 6.08. The maximum atomic E-state index is 9.13. The van der Waals surface area contributed by atoms with E-state index in [1.807, 2.05) is 6.07 Å². The van der Waals surface area contributed by atoms with Crippen molar-refractivity contribution in [2.45, 2.75) is 24.7 Å². The molecule has 2 rings (SSSR count). The van der Waals surface area contributed by atoms with Gasteiger partial charge in [-0.2, -0.15) is 5.26 Å². The zero-order valence-corrected chi connectivity index (χ0v) is 9.87. The SMILES string of the molecule is N#CC1(c2cccc(C=CCCCl)c2)CC1. The quantitative estimate of drug-likeness (QED) is 0.722. The second-order valence-corrected chi connectivity index (χ2v) is 4.58. The number of halogens is 1. The molecular weight excluding hydrogens is 218 g/mol. The highest BCUT2D eigenvalue weighted by Crippen LogP contribution is 2.47. The van der Waals surface area contributed by atoms with Crippen LogP contribution in [0.15, 0.2) is 30.3 Å². The number of nitrogens with zero attached hydrogens (tertiary/aromatic N) is 1. The van der Waals surface area contributed by atoms with Crippen molar-refractivity contribution < 1.29 is 0 Å². The Hall–Kier alpha value is -1.26. The monoisotopic (exact) mass is 231 g/mol. The Labute approximate surface area is 101 Å². The summed E-state index contributed by atoms with van der Waals surface area (Å²) in [6.07, 6.45) is 7.02. The highest BCUT2D eigenvalue weighted by atomic mass is 35.5. The molecule has 1 fully saturated rings. The van der Waals surface area contributed by atoms with Crippen LogP contribution in [0.3, 0.4) is 0 Å². The zero-order valence-electron chi connectivity index (χ0n) is 9.12. The molecule has 0 atom stereocenters. The van der Waals surface area contributed by atoms with Crippen LogP contribution in [0, 0.1) is 11.3 Å². The van der Waals surface area contributed by atoms with Crippen molar-refractivity contribution in [2.75, 3.05) is 5.88 Å². The summed E-state index contributed by atoms with van der Waals surface area (Å²) in [6, 6.07) is 10.7. The molecule has 0 amide bonds. The lowest BCUT2D eigenvalue weighted by molar-refractivity contribution is 0.908. The Kier molecular flexibility index (Phi) is 3.31. The molecule has 16 heavy (non-hydrogen) atoms. The molecule has 0 heterocycles. The molecule has 1 nitrogen and oxygen atoms in total. The molecule has 0 aromatic heterocycles. The second-order valence-electron chi connectivity index (χ2n) is 4.20. The van der Waals surface area contributed by atoms with E-state index in [0.29, 0.717) is 5.88 Å². The summed E-state index contributed by atoms with van der Waals surface area (Å²) in [5.74, 6) is 0.651. The number of allylic oxidation sites excluding steroid dienone is 1. The van der Waals surface area contributed by atoms with Gasteiger partial charge in [-0.1, -0.05) is 36.4 Å². The van der Waals surface area contributed by atoms with Crippen molar-refractivity contribution in [1.29, 1.82) is 5.26 Å². The molecule has 0 radical (unpaired) electrons. The summed E-state index contributed by atoms with van der Waals surface area (Å²) in [5, 5.41) is 9.13. The first-order valence-electron chi connectivity index (χ1n) is 5.55. The normalized spacial score (nSPS) is 17.2. The average molecular weight is 232 g/mol. The molecule has 82 valence electrons. The van der Waals surface area contributed by atoms with Crippen LogP contribution in [-0.2, 0) is 5.41 Å². The Bertz CT molecular complexity index is 438. The van der Waals surface area contributed by atoms with Gasteiger partial charge in [0.25, 0.3) is 0 Å². The molecule has 1 aliphatic carbocycles. The zero-order chi connectivity index (χ0) is 11.4. The molecule has 2 heteroatoms. The second kappa shape index (κ2) is 4.72. The summed E-state index contributed by atoms with van der Waals surface area (Å²) < 4.78 is 0. The third-order valence-electron chi connectivity index (χ3n) is 2.99.